The van der Waals surface area contributed by atoms with E-state index in [2.05, 4.69) is 15.4 Å². The molecule has 0 aliphatic carbocycles. The highest BCUT2D eigenvalue weighted by Gasteiger charge is 1.85. The molecule has 13 heavy (non-hydrogen) atoms. The summed E-state index contributed by atoms with van der Waals surface area (Å²) in [7, 11) is 0. The Morgan fingerprint density at radius 2 is 2.00 bits per heavy atom. The Bertz CT molecular complexity index is 303. The molecule has 1 rings (SSSR count). The normalized spacial score (nSPS) is 12.2. The van der Waals surface area contributed by atoms with Crippen LogP contribution in [-0.4, -0.2) is 5.84 Å². The molecule has 0 unspecified atom stereocenters. The molecule has 4 heteroatoms. The van der Waals surface area contributed by atoms with E-state index >= 15 is 0 Å². The second-order valence-corrected chi connectivity index (χ2v) is 2.47. The van der Waals surface area contributed by atoms with Crippen LogP contribution < -0.4 is 5.73 Å². The van der Waals surface area contributed by atoms with Crippen molar-refractivity contribution in [1.82, 2.24) is 0 Å². The smallest absolute Gasteiger partial charge is 0.123 e. The first-order valence-electron chi connectivity index (χ1n) is 4.11. The summed E-state index contributed by atoms with van der Waals surface area (Å²) in [4.78, 5) is 0. The number of nitrogens with two attached hydrogens (primary N) is 1. The molecule has 0 aliphatic rings. The fourth-order valence-electron chi connectivity index (χ4n) is 0.697. The molecule has 0 bridgehead atoms. The van der Waals surface area contributed by atoms with Crippen LogP contribution in [0.2, 0.25) is 0 Å². The van der Waals surface area contributed by atoms with Gasteiger partial charge in [-0.1, -0.05) is 25.1 Å². The zero-order chi connectivity index (χ0) is 9.52. The fraction of sp³-hybridized carbons (Fsp3) is 0.222. The molecule has 0 aliphatic heterocycles. The largest absolute Gasteiger partial charge is 0.386 e. The molecular weight excluding hydrogens is 164 g/mol. The van der Waals surface area contributed by atoms with Crippen LogP contribution in [0.1, 0.15) is 13.3 Å². The van der Waals surface area contributed by atoms with Gasteiger partial charge in [0.1, 0.15) is 5.84 Å². The molecule has 0 saturated heterocycles. The van der Waals surface area contributed by atoms with Crippen LogP contribution in [-0.2, 0) is 0 Å². The Labute approximate surface area is 77.2 Å². The summed E-state index contributed by atoms with van der Waals surface area (Å²) in [6, 6.07) is 9.40. The molecule has 0 spiro atoms. The topological polar surface area (TPSA) is 63.1 Å². The van der Waals surface area contributed by atoms with Crippen LogP contribution in [0.25, 0.3) is 0 Å². The minimum atomic E-state index is 0.486. The average Bonchev–Trinajstić information content (AvgIpc) is 2.19. The summed E-state index contributed by atoms with van der Waals surface area (Å²) >= 11 is 0. The number of hydrogen-bond acceptors (Lipinski definition) is 2. The summed E-state index contributed by atoms with van der Waals surface area (Å²) in [5, 5.41) is 11.1. The van der Waals surface area contributed by atoms with E-state index in [1.807, 2.05) is 37.3 Å². The lowest BCUT2D eigenvalue weighted by atomic mass is 10.3. The van der Waals surface area contributed by atoms with Crippen molar-refractivity contribution >= 4 is 11.5 Å². The van der Waals surface area contributed by atoms with Crippen molar-refractivity contribution in [3.63, 3.8) is 0 Å². The van der Waals surface area contributed by atoms with Gasteiger partial charge in [0, 0.05) is 6.42 Å². The molecule has 1 aromatic rings. The molecule has 0 amide bonds. The maximum absolute atomic E-state index is 5.43. The van der Waals surface area contributed by atoms with Crippen LogP contribution in [0, 0.1) is 0 Å². The maximum atomic E-state index is 5.43. The molecule has 0 saturated carbocycles. The van der Waals surface area contributed by atoms with E-state index in [9.17, 15) is 0 Å². The predicted octanol–water partition coefficient (Wildman–Crippen LogP) is 2.45. The van der Waals surface area contributed by atoms with Crippen molar-refractivity contribution in [2.24, 2.45) is 21.2 Å². The Kier molecular flexibility index (Phi) is 3.63. The van der Waals surface area contributed by atoms with Gasteiger partial charge >= 0.3 is 0 Å². The SMILES string of the molecule is CCC(N)=NN=Nc1ccccc1. The predicted molar refractivity (Wildman–Crippen MR) is 52.9 cm³/mol. The molecule has 0 radical (unpaired) electrons. The standard InChI is InChI=1S/C9H12N4/c1-2-9(10)12-13-11-8-6-4-3-5-7-8/h3-7H,2H2,1H3,(H2,10,11,12). The van der Waals surface area contributed by atoms with Crippen molar-refractivity contribution < 1.29 is 0 Å². The van der Waals surface area contributed by atoms with Gasteiger partial charge in [0.05, 0.1) is 5.69 Å². The Balaban J connectivity index is 2.60. The van der Waals surface area contributed by atoms with E-state index < -0.39 is 0 Å². The molecule has 1 aromatic carbocycles. The molecule has 0 heterocycles. The highest BCUT2D eigenvalue weighted by Crippen LogP contribution is 2.09. The first-order valence-corrected chi connectivity index (χ1v) is 4.11. The minimum Gasteiger partial charge on any atom is -0.386 e. The molecule has 4 nitrogen and oxygen atoms in total. The van der Waals surface area contributed by atoms with E-state index in [0.717, 1.165) is 5.69 Å². The lowest BCUT2D eigenvalue weighted by Gasteiger charge is -1.89. The fourth-order valence-corrected chi connectivity index (χ4v) is 0.697. The third-order valence-corrected chi connectivity index (χ3v) is 1.45. The average molecular weight is 176 g/mol. The molecule has 0 atom stereocenters. The van der Waals surface area contributed by atoms with Crippen LogP contribution in [0.4, 0.5) is 5.69 Å². The van der Waals surface area contributed by atoms with E-state index in [1.54, 1.807) is 0 Å². The maximum Gasteiger partial charge on any atom is 0.123 e. The number of nitrogens with zero attached hydrogens (tertiary/aromatic N) is 3. The summed E-state index contributed by atoms with van der Waals surface area (Å²) in [6.45, 7) is 1.91. The van der Waals surface area contributed by atoms with E-state index in [4.69, 9.17) is 5.73 Å². The lowest BCUT2D eigenvalue weighted by molar-refractivity contribution is 1.03. The minimum absolute atomic E-state index is 0.486. The number of hydrogen-bond donors (Lipinski definition) is 1. The second-order valence-electron chi connectivity index (χ2n) is 2.47. The van der Waals surface area contributed by atoms with E-state index in [-0.39, 0.29) is 0 Å². The zero-order valence-corrected chi connectivity index (χ0v) is 7.51. The van der Waals surface area contributed by atoms with Gasteiger partial charge in [-0.05, 0) is 17.4 Å². The van der Waals surface area contributed by atoms with Gasteiger partial charge in [-0.2, -0.15) is 0 Å². The van der Waals surface area contributed by atoms with Gasteiger partial charge in [-0.3, -0.25) is 0 Å². The van der Waals surface area contributed by atoms with Gasteiger partial charge in [-0.25, -0.2) is 0 Å². The van der Waals surface area contributed by atoms with Gasteiger partial charge in [0.25, 0.3) is 0 Å². The molecular formula is C9H12N4. The van der Waals surface area contributed by atoms with E-state index in [1.165, 1.54) is 0 Å². The van der Waals surface area contributed by atoms with E-state index in [0.29, 0.717) is 12.3 Å². The second kappa shape index (κ2) is 5.03. The Hall–Kier alpha value is -1.71. The Morgan fingerprint density at radius 1 is 1.31 bits per heavy atom. The number of amidine groups is 1. The van der Waals surface area contributed by atoms with Crippen molar-refractivity contribution in [1.29, 1.82) is 0 Å². The summed E-state index contributed by atoms with van der Waals surface area (Å²) < 4.78 is 0. The van der Waals surface area contributed by atoms with Gasteiger partial charge in [0.2, 0.25) is 0 Å². The number of rotatable bonds is 3. The summed E-state index contributed by atoms with van der Waals surface area (Å²) in [5.41, 5.74) is 6.21. The van der Waals surface area contributed by atoms with Gasteiger partial charge in [-0.15, -0.1) is 10.2 Å². The third-order valence-electron chi connectivity index (χ3n) is 1.45. The summed E-state index contributed by atoms with van der Waals surface area (Å²) in [6.07, 6.45) is 0.688. The van der Waals surface area contributed by atoms with Crippen molar-refractivity contribution in [2.45, 2.75) is 13.3 Å². The molecule has 2 N–H and O–H groups in total. The zero-order valence-electron chi connectivity index (χ0n) is 7.51. The lowest BCUT2D eigenvalue weighted by Crippen LogP contribution is -2.07. The first-order chi connectivity index (χ1) is 6.33. The highest BCUT2D eigenvalue weighted by molar-refractivity contribution is 5.79. The highest BCUT2D eigenvalue weighted by atomic mass is 15.4. The van der Waals surface area contributed by atoms with Crippen LogP contribution >= 0.6 is 0 Å². The van der Waals surface area contributed by atoms with Gasteiger partial charge in [0.15, 0.2) is 0 Å². The monoisotopic (exact) mass is 176 g/mol. The first kappa shape index (κ1) is 9.38. The van der Waals surface area contributed by atoms with Crippen LogP contribution in [0.3, 0.4) is 0 Å². The van der Waals surface area contributed by atoms with Crippen molar-refractivity contribution in [3.05, 3.63) is 30.3 Å². The number of benzene rings is 1. The molecule has 0 aromatic heterocycles. The van der Waals surface area contributed by atoms with Crippen LogP contribution in [0.15, 0.2) is 45.8 Å². The van der Waals surface area contributed by atoms with Crippen molar-refractivity contribution in [3.8, 4) is 0 Å². The van der Waals surface area contributed by atoms with Crippen LogP contribution in [0.5, 0.6) is 0 Å². The molecule has 68 valence electrons. The Morgan fingerprint density at radius 3 is 2.62 bits per heavy atom. The summed E-state index contributed by atoms with van der Waals surface area (Å²) in [5.74, 6) is 0.486. The quantitative estimate of drug-likeness (QED) is 0.327. The third kappa shape index (κ3) is 3.46. The van der Waals surface area contributed by atoms with Gasteiger partial charge < -0.3 is 5.73 Å². The van der Waals surface area contributed by atoms with Crippen molar-refractivity contribution in [2.75, 3.05) is 0 Å². The molecule has 0 fully saturated rings.